The van der Waals surface area contributed by atoms with Gasteiger partial charge in [0.25, 0.3) is 0 Å². The molecule has 0 saturated heterocycles. The van der Waals surface area contributed by atoms with E-state index in [-0.39, 0.29) is 6.42 Å². The molecule has 0 aromatic rings. The van der Waals surface area contributed by atoms with Crippen LogP contribution in [0.3, 0.4) is 0 Å². The van der Waals surface area contributed by atoms with Crippen LogP contribution in [0, 0.1) is 22.7 Å². The van der Waals surface area contributed by atoms with Crippen molar-refractivity contribution in [2.45, 2.75) is 26.2 Å². The summed E-state index contributed by atoms with van der Waals surface area (Å²) in [6.45, 7) is 5.81. The molecule has 3 nitrogen and oxygen atoms in total. The molecule has 0 unspecified atom stereocenters. The molecule has 0 aromatic heterocycles. The van der Waals surface area contributed by atoms with Gasteiger partial charge in [0.05, 0.1) is 25.0 Å². The highest BCUT2D eigenvalue weighted by Crippen LogP contribution is 2.14. The van der Waals surface area contributed by atoms with Gasteiger partial charge in [-0.05, 0) is 17.6 Å². The molecule has 0 radical (unpaired) electrons. The minimum atomic E-state index is 0.287. The van der Waals surface area contributed by atoms with Gasteiger partial charge in [-0.15, -0.1) is 0 Å². The minimum Gasteiger partial charge on any atom is -0.268 e. The number of rotatable bonds is 5. The molecule has 0 fully saturated rings. The van der Waals surface area contributed by atoms with Crippen LogP contribution < -0.4 is 0 Å². The first-order chi connectivity index (χ1) is 6.76. The zero-order valence-corrected chi connectivity index (χ0v) is 8.32. The maximum Gasteiger partial charge on any atom is 0.0705 e. The van der Waals surface area contributed by atoms with Gasteiger partial charge in [0.1, 0.15) is 0 Å². The lowest BCUT2D eigenvalue weighted by molar-refractivity contribution is 1.07. The van der Waals surface area contributed by atoms with E-state index in [1.54, 1.807) is 6.20 Å². The first kappa shape index (κ1) is 12.1. The Morgan fingerprint density at radius 2 is 2.14 bits per heavy atom. The SMILES string of the molecule is C=C(CC)/C(=C\N=CCC#N)CC#N. The lowest BCUT2D eigenvalue weighted by Crippen LogP contribution is -1.85. The van der Waals surface area contributed by atoms with Gasteiger partial charge >= 0.3 is 0 Å². The topological polar surface area (TPSA) is 59.9 Å². The molecule has 0 N–H and O–H groups in total. The molecule has 3 heteroatoms. The predicted octanol–water partition coefficient (Wildman–Crippen LogP) is 2.73. The Morgan fingerprint density at radius 3 is 2.64 bits per heavy atom. The van der Waals surface area contributed by atoms with Gasteiger partial charge in [0.15, 0.2) is 0 Å². The molecule has 0 aliphatic heterocycles. The van der Waals surface area contributed by atoms with Gasteiger partial charge in [-0.2, -0.15) is 10.5 Å². The molecule has 0 spiro atoms. The normalized spacial score (nSPS) is 10.9. The number of allylic oxidation sites excluding steroid dienone is 2. The molecule has 0 aliphatic rings. The summed E-state index contributed by atoms with van der Waals surface area (Å²) in [5.41, 5.74) is 1.75. The summed E-state index contributed by atoms with van der Waals surface area (Å²) in [4.78, 5) is 3.93. The zero-order chi connectivity index (χ0) is 10.8. The summed E-state index contributed by atoms with van der Waals surface area (Å²) in [6.07, 6.45) is 4.53. The van der Waals surface area contributed by atoms with E-state index in [1.807, 2.05) is 13.0 Å². The van der Waals surface area contributed by atoms with Crippen LogP contribution in [0.5, 0.6) is 0 Å². The minimum absolute atomic E-state index is 0.287. The second-order valence-electron chi connectivity index (χ2n) is 2.64. The molecular formula is C11H13N3. The lowest BCUT2D eigenvalue weighted by Gasteiger charge is -2.01. The Hall–Kier alpha value is -1.87. The standard InChI is InChI=1S/C11H13N3/c1-3-10(2)11(5-7-13)9-14-8-4-6-12/h8-9H,2-5H2,1H3/b11-9-,14-8?. The van der Waals surface area contributed by atoms with Gasteiger partial charge < -0.3 is 0 Å². The van der Waals surface area contributed by atoms with Crippen molar-refractivity contribution in [2.24, 2.45) is 4.99 Å². The zero-order valence-electron chi connectivity index (χ0n) is 8.32. The second kappa shape index (κ2) is 7.76. The smallest absolute Gasteiger partial charge is 0.0705 e. The van der Waals surface area contributed by atoms with E-state index in [9.17, 15) is 0 Å². The monoisotopic (exact) mass is 187 g/mol. The van der Waals surface area contributed by atoms with Gasteiger partial charge in [-0.25, -0.2) is 0 Å². The molecule has 0 saturated carbocycles. The van der Waals surface area contributed by atoms with E-state index in [1.165, 1.54) is 6.21 Å². The highest BCUT2D eigenvalue weighted by molar-refractivity contribution is 5.61. The number of nitriles is 2. The van der Waals surface area contributed by atoms with Crippen LogP contribution in [0.4, 0.5) is 0 Å². The van der Waals surface area contributed by atoms with Crippen molar-refractivity contribution in [3.05, 3.63) is 23.9 Å². The maximum atomic E-state index is 8.55. The van der Waals surface area contributed by atoms with Gasteiger partial charge in [-0.1, -0.05) is 13.5 Å². The fourth-order valence-corrected chi connectivity index (χ4v) is 0.810. The highest BCUT2D eigenvalue weighted by Gasteiger charge is 1.98. The second-order valence-corrected chi connectivity index (χ2v) is 2.64. The summed E-state index contributed by atoms with van der Waals surface area (Å²) in [5.74, 6) is 0. The van der Waals surface area contributed by atoms with Crippen molar-refractivity contribution >= 4 is 6.21 Å². The third-order valence-corrected chi connectivity index (χ3v) is 1.67. The van der Waals surface area contributed by atoms with Crippen LogP contribution >= 0.6 is 0 Å². The summed E-state index contributed by atoms with van der Waals surface area (Å²) in [5, 5.41) is 16.8. The van der Waals surface area contributed by atoms with Crippen LogP contribution in [0.25, 0.3) is 0 Å². The first-order valence-electron chi connectivity index (χ1n) is 4.39. The molecule has 0 aliphatic carbocycles. The van der Waals surface area contributed by atoms with Gasteiger partial charge in [0.2, 0.25) is 0 Å². The fraction of sp³-hybridized carbons (Fsp3) is 0.364. The van der Waals surface area contributed by atoms with Crippen molar-refractivity contribution in [1.29, 1.82) is 10.5 Å². The van der Waals surface area contributed by atoms with Crippen molar-refractivity contribution in [3.8, 4) is 12.1 Å². The molecule has 72 valence electrons. The van der Waals surface area contributed by atoms with Crippen LogP contribution in [-0.2, 0) is 0 Å². The van der Waals surface area contributed by atoms with Crippen molar-refractivity contribution in [1.82, 2.24) is 0 Å². The molecule has 0 bridgehead atoms. The van der Waals surface area contributed by atoms with Crippen molar-refractivity contribution in [3.63, 3.8) is 0 Å². The molecule has 0 atom stereocenters. The number of nitrogens with zero attached hydrogens (tertiary/aromatic N) is 3. The van der Waals surface area contributed by atoms with Crippen LogP contribution in [-0.4, -0.2) is 6.21 Å². The van der Waals surface area contributed by atoms with E-state index in [2.05, 4.69) is 17.6 Å². The Balaban J connectivity index is 4.43. The molecule has 14 heavy (non-hydrogen) atoms. The Bertz CT molecular complexity index is 323. The quantitative estimate of drug-likeness (QED) is 0.490. The number of hydrogen-bond acceptors (Lipinski definition) is 3. The van der Waals surface area contributed by atoms with E-state index in [0.29, 0.717) is 6.42 Å². The Morgan fingerprint density at radius 1 is 1.43 bits per heavy atom. The summed E-state index contributed by atoms with van der Waals surface area (Å²) < 4.78 is 0. The average molecular weight is 187 g/mol. The van der Waals surface area contributed by atoms with Gasteiger partial charge in [-0.3, -0.25) is 4.99 Å². The molecule has 0 amide bonds. The van der Waals surface area contributed by atoms with E-state index in [0.717, 1.165) is 17.6 Å². The van der Waals surface area contributed by atoms with Gasteiger partial charge in [0, 0.05) is 12.4 Å². The van der Waals surface area contributed by atoms with E-state index < -0.39 is 0 Å². The highest BCUT2D eigenvalue weighted by atomic mass is 14.7. The summed E-state index contributed by atoms with van der Waals surface area (Å²) >= 11 is 0. The van der Waals surface area contributed by atoms with Crippen LogP contribution in [0.2, 0.25) is 0 Å². The number of hydrogen-bond donors (Lipinski definition) is 0. The largest absolute Gasteiger partial charge is 0.268 e. The fourth-order valence-electron chi connectivity index (χ4n) is 0.810. The predicted molar refractivity (Wildman–Crippen MR) is 56.5 cm³/mol. The maximum absolute atomic E-state index is 8.55. The lowest BCUT2D eigenvalue weighted by atomic mass is 10.0. The first-order valence-corrected chi connectivity index (χ1v) is 4.39. The van der Waals surface area contributed by atoms with Crippen molar-refractivity contribution < 1.29 is 0 Å². The Labute approximate surface area is 84.7 Å². The summed E-state index contributed by atoms with van der Waals surface area (Å²) in [7, 11) is 0. The average Bonchev–Trinajstić information content (AvgIpc) is 2.21. The number of aliphatic imine (C=N–C) groups is 1. The van der Waals surface area contributed by atoms with Crippen LogP contribution in [0.15, 0.2) is 28.9 Å². The third kappa shape index (κ3) is 4.90. The van der Waals surface area contributed by atoms with Crippen LogP contribution in [0.1, 0.15) is 26.2 Å². The molecule has 0 rings (SSSR count). The van der Waals surface area contributed by atoms with E-state index in [4.69, 9.17) is 10.5 Å². The molecule has 0 heterocycles. The Kier molecular flexibility index (Phi) is 6.73. The molecular weight excluding hydrogens is 174 g/mol. The molecule has 0 aromatic carbocycles. The van der Waals surface area contributed by atoms with E-state index >= 15 is 0 Å². The van der Waals surface area contributed by atoms with Crippen molar-refractivity contribution in [2.75, 3.05) is 0 Å². The third-order valence-electron chi connectivity index (χ3n) is 1.67. The summed E-state index contributed by atoms with van der Waals surface area (Å²) in [6, 6.07) is 4.01.